The van der Waals surface area contributed by atoms with Gasteiger partial charge in [0.15, 0.2) is 0 Å². The standard InChI is InChI=1S/C11H13N/c1-8-4-3-5-11-9(2)12-7-6-10(8)11/h3-5H,6-7H2,1-2H3. The third kappa shape index (κ3) is 1.06. The van der Waals surface area contributed by atoms with Gasteiger partial charge in [0.25, 0.3) is 0 Å². The van der Waals surface area contributed by atoms with Gasteiger partial charge in [-0.25, -0.2) is 0 Å². The highest BCUT2D eigenvalue weighted by Crippen LogP contribution is 2.19. The average molecular weight is 159 g/mol. The molecule has 62 valence electrons. The van der Waals surface area contributed by atoms with Crippen molar-refractivity contribution in [2.75, 3.05) is 6.54 Å². The molecule has 0 aromatic heterocycles. The molecular formula is C11H13N. The summed E-state index contributed by atoms with van der Waals surface area (Å²) in [4.78, 5) is 4.43. The number of aryl methyl sites for hydroxylation is 1. The molecule has 0 atom stereocenters. The normalized spacial score (nSPS) is 15.3. The Morgan fingerprint density at radius 2 is 2.08 bits per heavy atom. The second kappa shape index (κ2) is 2.74. The maximum absolute atomic E-state index is 4.43. The monoisotopic (exact) mass is 159 g/mol. The molecular weight excluding hydrogens is 146 g/mol. The molecule has 1 heteroatoms. The number of hydrogen-bond donors (Lipinski definition) is 0. The van der Waals surface area contributed by atoms with Crippen LogP contribution in [0.15, 0.2) is 23.2 Å². The molecule has 1 aromatic rings. The van der Waals surface area contributed by atoms with E-state index in [1.54, 1.807) is 0 Å². The Morgan fingerprint density at radius 3 is 2.83 bits per heavy atom. The highest BCUT2D eigenvalue weighted by molar-refractivity contribution is 6.01. The van der Waals surface area contributed by atoms with Crippen LogP contribution in [0.4, 0.5) is 0 Å². The summed E-state index contributed by atoms with van der Waals surface area (Å²) in [6.45, 7) is 5.23. The third-order valence-corrected chi connectivity index (χ3v) is 2.51. The van der Waals surface area contributed by atoms with Crippen molar-refractivity contribution in [1.29, 1.82) is 0 Å². The van der Waals surface area contributed by atoms with Gasteiger partial charge in [-0.2, -0.15) is 0 Å². The molecule has 0 amide bonds. The van der Waals surface area contributed by atoms with Crippen molar-refractivity contribution >= 4 is 5.71 Å². The second-order valence-corrected chi connectivity index (χ2v) is 3.32. The van der Waals surface area contributed by atoms with E-state index in [-0.39, 0.29) is 0 Å². The Hall–Kier alpha value is -1.11. The lowest BCUT2D eigenvalue weighted by atomic mass is 9.94. The smallest absolute Gasteiger partial charge is 0.0433 e. The van der Waals surface area contributed by atoms with Crippen molar-refractivity contribution in [1.82, 2.24) is 0 Å². The van der Waals surface area contributed by atoms with Crippen LogP contribution in [0.5, 0.6) is 0 Å². The molecule has 1 aliphatic heterocycles. The predicted molar refractivity (Wildman–Crippen MR) is 52.0 cm³/mol. The molecule has 1 heterocycles. The predicted octanol–water partition coefficient (Wildman–Crippen LogP) is 2.36. The Balaban J connectivity index is 2.62. The van der Waals surface area contributed by atoms with E-state index in [0.29, 0.717) is 0 Å². The molecule has 0 fully saturated rings. The van der Waals surface area contributed by atoms with E-state index < -0.39 is 0 Å². The molecule has 0 saturated carbocycles. The van der Waals surface area contributed by atoms with Crippen molar-refractivity contribution in [2.24, 2.45) is 4.99 Å². The lowest BCUT2D eigenvalue weighted by molar-refractivity contribution is 0.931. The number of fused-ring (bicyclic) bond motifs is 1. The SMILES string of the molecule is CC1=NCCc2c(C)cccc21. The van der Waals surface area contributed by atoms with Gasteiger partial charge in [0.05, 0.1) is 0 Å². The summed E-state index contributed by atoms with van der Waals surface area (Å²) in [5, 5.41) is 0. The van der Waals surface area contributed by atoms with Gasteiger partial charge in [-0.05, 0) is 37.0 Å². The highest BCUT2D eigenvalue weighted by atomic mass is 14.7. The molecule has 0 radical (unpaired) electrons. The molecule has 0 unspecified atom stereocenters. The molecule has 0 aliphatic carbocycles. The molecule has 2 rings (SSSR count). The molecule has 0 spiro atoms. The summed E-state index contributed by atoms with van der Waals surface area (Å²) >= 11 is 0. The topological polar surface area (TPSA) is 12.4 Å². The van der Waals surface area contributed by atoms with Crippen LogP contribution in [0, 0.1) is 6.92 Å². The largest absolute Gasteiger partial charge is 0.289 e. The molecule has 0 N–H and O–H groups in total. The van der Waals surface area contributed by atoms with E-state index in [2.05, 4.69) is 37.0 Å². The van der Waals surface area contributed by atoms with Crippen molar-refractivity contribution in [3.05, 3.63) is 34.9 Å². The molecule has 1 aromatic carbocycles. The molecule has 0 bridgehead atoms. The Labute approximate surface area is 73.1 Å². The number of nitrogens with zero attached hydrogens (tertiary/aromatic N) is 1. The van der Waals surface area contributed by atoms with E-state index in [0.717, 1.165) is 13.0 Å². The maximum atomic E-state index is 4.43. The molecule has 1 nitrogen and oxygen atoms in total. The van der Waals surface area contributed by atoms with Crippen LogP contribution in [0.2, 0.25) is 0 Å². The summed E-state index contributed by atoms with van der Waals surface area (Å²) < 4.78 is 0. The first-order valence-electron chi connectivity index (χ1n) is 4.39. The second-order valence-electron chi connectivity index (χ2n) is 3.32. The average Bonchev–Trinajstić information content (AvgIpc) is 2.07. The van der Waals surface area contributed by atoms with Crippen molar-refractivity contribution in [3.8, 4) is 0 Å². The van der Waals surface area contributed by atoms with Gasteiger partial charge in [-0.3, -0.25) is 4.99 Å². The fraction of sp³-hybridized carbons (Fsp3) is 0.364. The minimum atomic E-state index is 0.962. The zero-order valence-electron chi connectivity index (χ0n) is 7.59. The Morgan fingerprint density at radius 1 is 1.25 bits per heavy atom. The fourth-order valence-electron chi connectivity index (χ4n) is 1.79. The van der Waals surface area contributed by atoms with E-state index in [1.165, 1.54) is 22.4 Å². The molecule has 12 heavy (non-hydrogen) atoms. The molecule has 1 aliphatic rings. The van der Waals surface area contributed by atoms with Gasteiger partial charge < -0.3 is 0 Å². The van der Waals surface area contributed by atoms with Gasteiger partial charge in [-0.15, -0.1) is 0 Å². The van der Waals surface area contributed by atoms with Gasteiger partial charge in [0.1, 0.15) is 0 Å². The minimum Gasteiger partial charge on any atom is -0.289 e. The quantitative estimate of drug-likeness (QED) is 0.551. The summed E-state index contributed by atoms with van der Waals surface area (Å²) in [6.07, 6.45) is 1.11. The van der Waals surface area contributed by atoms with Crippen LogP contribution in [-0.2, 0) is 6.42 Å². The van der Waals surface area contributed by atoms with E-state index >= 15 is 0 Å². The Kier molecular flexibility index (Phi) is 1.72. The maximum Gasteiger partial charge on any atom is 0.0433 e. The van der Waals surface area contributed by atoms with Crippen molar-refractivity contribution in [2.45, 2.75) is 20.3 Å². The molecule has 0 saturated heterocycles. The highest BCUT2D eigenvalue weighted by Gasteiger charge is 2.11. The van der Waals surface area contributed by atoms with Crippen LogP contribution < -0.4 is 0 Å². The van der Waals surface area contributed by atoms with Crippen LogP contribution in [0.1, 0.15) is 23.6 Å². The van der Waals surface area contributed by atoms with Gasteiger partial charge in [0, 0.05) is 12.3 Å². The summed E-state index contributed by atoms with van der Waals surface area (Å²) in [5.74, 6) is 0. The summed E-state index contributed by atoms with van der Waals surface area (Å²) in [5.41, 5.74) is 5.44. The minimum absolute atomic E-state index is 0.962. The number of benzene rings is 1. The van der Waals surface area contributed by atoms with Crippen LogP contribution in [0.25, 0.3) is 0 Å². The number of aliphatic imine (C=N–C) groups is 1. The first kappa shape index (κ1) is 7.53. The first-order valence-corrected chi connectivity index (χ1v) is 4.39. The van der Waals surface area contributed by atoms with E-state index in [4.69, 9.17) is 0 Å². The number of rotatable bonds is 0. The lowest BCUT2D eigenvalue weighted by Crippen LogP contribution is -2.10. The fourth-order valence-corrected chi connectivity index (χ4v) is 1.79. The van der Waals surface area contributed by atoms with Gasteiger partial charge in [-0.1, -0.05) is 18.2 Å². The van der Waals surface area contributed by atoms with Crippen LogP contribution in [-0.4, -0.2) is 12.3 Å². The van der Waals surface area contributed by atoms with Crippen LogP contribution in [0.3, 0.4) is 0 Å². The van der Waals surface area contributed by atoms with Crippen molar-refractivity contribution in [3.63, 3.8) is 0 Å². The third-order valence-electron chi connectivity index (χ3n) is 2.51. The van der Waals surface area contributed by atoms with Crippen LogP contribution >= 0.6 is 0 Å². The summed E-state index contributed by atoms with van der Waals surface area (Å²) in [6, 6.07) is 6.45. The zero-order chi connectivity index (χ0) is 8.55. The van der Waals surface area contributed by atoms with E-state index in [1.807, 2.05) is 0 Å². The first-order chi connectivity index (χ1) is 5.79. The van der Waals surface area contributed by atoms with Gasteiger partial charge >= 0.3 is 0 Å². The lowest BCUT2D eigenvalue weighted by Gasteiger charge is -2.15. The van der Waals surface area contributed by atoms with E-state index in [9.17, 15) is 0 Å². The summed E-state index contributed by atoms with van der Waals surface area (Å²) in [7, 11) is 0. The van der Waals surface area contributed by atoms with Gasteiger partial charge in [0.2, 0.25) is 0 Å². The number of hydrogen-bond acceptors (Lipinski definition) is 1. The Bertz CT molecular complexity index is 337. The van der Waals surface area contributed by atoms with Crippen molar-refractivity contribution < 1.29 is 0 Å². The zero-order valence-corrected chi connectivity index (χ0v) is 7.59.